The lowest BCUT2D eigenvalue weighted by Crippen LogP contribution is -2.48. The third-order valence-electron chi connectivity index (χ3n) is 5.29. The molecule has 2 fully saturated rings. The number of hydrogen-bond acceptors (Lipinski definition) is 5. The number of aromatic amines is 1. The second kappa shape index (κ2) is 7.63. The zero-order valence-corrected chi connectivity index (χ0v) is 15.2. The van der Waals surface area contributed by atoms with Crippen molar-refractivity contribution in [2.45, 2.75) is 38.3 Å². The van der Waals surface area contributed by atoms with Crippen LogP contribution in [0.3, 0.4) is 0 Å². The first-order valence-corrected chi connectivity index (χ1v) is 9.48. The predicted molar refractivity (Wildman–Crippen MR) is 98.5 cm³/mol. The zero-order chi connectivity index (χ0) is 17.9. The van der Waals surface area contributed by atoms with Gasteiger partial charge >= 0.3 is 0 Å². The average Bonchev–Trinajstić information content (AvgIpc) is 3.31. The number of benzene rings is 1. The van der Waals surface area contributed by atoms with Crippen molar-refractivity contribution >= 4 is 16.9 Å². The minimum absolute atomic E-state index is 0.0258. The average molecular weight is 358 g/mol. The molecule has 7 nitrogen and oxygen atoms in total. The van der Waals surface area contributed by atoms with E-state index in [9.17, 15) is 4.79 Å². The molecule has 2 aliphatic heterocycles. The highest BCUT2D eigenvalue weighted by atomic mass is 16.5. The minimum Gasteiger partial charge on any atom is -0.465 e. The molecule has 2 aromatic rings. The monoisotopic (exact) mass is 358 g/mol. The fraction of sp³-hybridized carbons (Fsp3) is 0.579. The van der Waals surface area contributed by atoms with Crippen molar-refractivity contribution in [3.63, 3.8) is 0 Å². The van der Waals surface area contributed by atoms with Gasteiger partial charge in [-0.05, 0) is 44.4 Å². The number of likely N-dealkylation sites (tertiary alicyclic amines) is 1. The number of aromatic nitrogens is 2. The van der Waals surface area contributed by atoms with Gasteiger partial charge in [0.25, 0.3) is 11.9 Å². The quantitative estimate of drug-likeness (QED) is 0.854. The van der Waals surface area contributed by atoms with Crippen molar-refractivity contribution in [3.8, 4) is 6.01 Å². The molecule has 1 atom stereocenters. The first kappa shape index (κ1) is 17.3. The number of nitrogens with zero attached hydrogens (tertiary/aromatic N) is 2. The van der Waals surface area contributed by atoms with Crippen LogP contribution in [0.1, 0.15) is 36.5 Å². The van der Waals surface area contributed by atoms with Crippen LogP contribution in [-0.4, -0.2) is 65.8 Å². The van der Waals surface area contributed by atoms with Crippen LogP contribution in [0.25, 0.3) is 11.0 Å². The molecule has 3 heterocycles. The summed E-state index contributed by atoms with van der Waals surface area (Å²) in [6.45, 7) is 6.25. The van der Waals surface area contributed by atoms with E-state index in [1.807, 2.05) is 25.1 Å². The Kier molecular flexibility index (Phi) is 5.08. The molecule has 0 spiro atoms. The predicted octanol–water partition coefficient (Wildman–Crippen LogP) is 1.94. The van der Waals surface area contributed by atoms with Crippen molar-refractivity contribution in [3.05, 3.63) is 23.8 Å². The summed E-state index contributed by atoms with van der Waals surface area (Å²) < 4.78 is 10.9. The van der Waals surface area contributed by atoms with Crippen molar-refractivity contribution in [1.82, 2.24) is 20.2 Å². The summed E-state index contributed by atoms with van der Waals surface area (Å²) in [7, 11) is 0. The van der Waals surface area contributed by atoms with E-state index < -0.39 is 0 Å². The van der Waals surface area contributed by atoms with Gasteiger partial charge in [-0.1, -0.05) is 0 Å². The summed E-state index contributed by atoms with van der Waals surface area (Å²) >= 11 is 0. The third-order valence-corrected chi connectivity index (χ3v) is 5.29. The van der Waals surface area contributed by atoms with E-state index in [4.69, 9.17) is 9.47 Å². The number of rotatable bonds is 5. The van der Waals surface area contributed by atoms with Crippen LogP contribution in [-0.2, 0) is 4.74 Å². The van der Waals surface area contributed by atoms with Crippen molar-refractivity contribution in [1.29, 1.82) is 0 Å². The topological polar surface area (TPSA) is 79.5 Å². The van der Waals surface area contributed by atoms with Crippen LogP contribution >= 0.6 is 0 Å². The largest absolute Gasteiger partial charge is 0.465 e. The molecule has 2 saturated heterocycles. The number of amides is 1. The fourth-order valence-corrected chi connectivity index (χ4v) is 3.82. The molecule has 1 aromatic heterocycles. The van der Waals surface area contributed by atoms with E-state index in [1.54, 1.807) is 0 Å². The van der Waals surface area contributed by atoms with Crippen molar-refractivity contribution in [2.75, 3.05) is 32.9 Å². The van der Waals surface area contributed by atoms with Gasteiger partial charge in [0.15, 0.2) is 0 Å². The smallest absolute Gasteiger partial charge is 0.294 e. The molecule has 2 N–H and O–H groups in total. The molecule has 2 aliphatic rings. The van der Waals surface area contributed by atoms with E-state index >= 15 is 0 Å². The Morgan fingerprint density at radius 2 is 2.23 bits per heavy atom. The van der Waals surface area contributed by atoms with Gasteiger partial charge in [0.1, 0.15) is 0 Å². The maximum Gasteiger partial charge on any atom is 0.294 e. The lowest BCUT2D eigenvalue weighted by atomic mass is 10.0. The number of piperidine rings is 1. The minimum atomic E-state index is -0.0258. The molecule has 0 radical (unpaired) electrons. The standard InChI is InChI=1S/C19H26N4O3/c1-2-26-19-21-16-4-3-13(11-17(16)22-19)18(24)20-14-5-8-23(9-6-14)15-7-10-25-12-15/h3-4,11,14-15H,2,5-10,12H2,1H3,(H,20,24)(H,21,22). The summed E-state index contributed by atoms with van der Waals surface area (Å²) in [4.78, 5) is 22.6. The van der Waals surface area contributed by atoms with Crippen LogP contribution in [0.2, 0.25) is 0 Å². The number of carbonyl (C=O) groups is 1. The highest BCUT2D eigenvalue weighted by molar-refractivity contribution is 5.97. The van der Waals surface area contributed by atoms with Crippen LogP contribution in [0.15, 0.2) is 18.2 Å². The Morgan fingerprint density at radius 3 is 2.96 bits per heavy atom. The molecule has 26 heavy (non-hydrogen) atoms. The van der Waals surface area contributed by atoms with Gasteiger partial charge in [-0.15, -0.1) is 0 Å². The van der Waals surface area contributed by atoms with Crippen LogP contribution in [0.4, 0.5) is 0 Å². The van der Waals surface area contributed by atoms with Gasteiger partial charge < -0.3 is 19.8 Å². The highest BCUT2D eigenvalue weighted by Gasteiger charge is 2.28. The summed E-state index contributed by atoms with van der Waals surface area (Å²) in [6.07, 6.45) is 3.11. The summed E-state index contributed by atoms with van der Waals surface area (Å²) in [5, 5.41) is 3.18. The molecule has 1 unspecified atom stereocenters. The number of H-pyrrole nitrogens is 1. The van der Waals surface area contributed by atoms with Gasteiger partial charge in [0.05, 0.1) is 24.2 Å². The van der Waals surface area contributed by atoms with E-state index in [1.165, 1.54) is 0 Å². The van der Waals surface area contributed by atoms with Gasteiger partial charge in [-0.25, -0.2) is 0 Å². The second-order valence-electron chi connectivity index (χ2n) is 7.01. The molecule has 1 aromatic carbocycles. The van der Waals surface area contributed by atoms with Gasteiger partial charge in [-0.3, -0.25) is 9.69 Å². The maximum atomic E-state index is 12.6. The van der Waals surface area contributed by atoms with E-state index in [2.05, 4.69) is 20.2 Å². The van der Waals surface area contributed by atoms with Gasteiger partial charge in [-0.2, -0.15) is 4.98 Å². The second-order valence-corrected chi connectivity index (χ2v) is 7.01. The van der Waals surface area contributed by atoms with E-state index in [0.717, 1.165) is 56.6 Å². The van der Waals surface area contributed by atoms with Gasteiger partial charge in [0, 0.05) is 37.3 Å². The fourth-order valence-electron chi connectivity index (χ4n) is 3.82. The molecular formula is C19H26N4O3. The van der Waals surface area contributed by atoms with Crippen LogP contribution in [0.5, 0.6) is 6.01 Å². The van der Waals surface area contributed by atoms with Gasteiger partial charge in [0.2, 0.25) is 0 Å². The molecule has 4 rings (SSSR count). The Bertz CT molecular complexity index is 761. The Balaban J connectivity index is 1.35. The maximum absolute atomic E-state index is 12.6. The first-order chi connectivity index (χ1) is 12.7. The van der Waals surface area contributed by atoms with E-state index in [0.29, 0.717) is 24.2 Å². The molecular weight excluding hydrogens is 332 g/mol. The molecule has 0 aliphatic carbocycles. The molecule has 0 bridgehead atoms. The number of imidazole rings is 1. The Morgan fingerprint density at radius 1 is 1.38 bits per heavy atom. The molecule has 7 heteroatoms. The highest BCUT2D eigenvalue weighted by Crippen LogP contribution is 2.20. The normalized spacial score (nSPS) is 22.0. The summed E-state index contributed by atoms with van der Waals surface area (Å²) in [6, 6.07) is 6.80. The van der Waals surface area contributed by atoms with Crippen molar-refractivity contribution < 1.29 is 14.3 Å². The van der Waals surface area contributed by atoms with E-state index in [-0.39, 0.29) is 11.9 Å². The number of fused-ring (bicyclic) bond motifs is 1. The molecule has 140 valence electrons. The summed E-state index contributed by atoms with van der Waals surface area (Å²) in [5.41, 5.74) is 2.27. The lowest BCUT2D eigenvalue weighted by Gasteiger charge is -2.35. The lowest BCUT2D eigenvalue weighted by molar-refractivity contribution is 0.0875. The molecule has 0 saturated carbocycles. The number of ether oxygens (including phenoxy) is 2. The Hall–Kier alpha value is -2.12. The van der Waals surface area contributed by atoms with Crippen LogP contribution in [0, 0.1) is 0 Å². The molecule has 1 amide bonds. The van der Waals surface area contributed by atoms with Crippen LogP contribution < -0.4 is 10.1 Å². The SMILES string of the molecule is CCOc1nc2ccc(C(=O)NC3CCN(C4CCOC4)CC3)cc2[nH]1. The number of hydrogen-bond donors (Lipinski definition) is 2. The third kappa shape index (κ3) is 3.68. The zero-order valence-electron chi connectivity index (χ0n) is 15.2. The Labute approximate surface area is 153 Å². The number of carbonyl (C=O) groups excluding carboxylic acids is 1. The first-order valence-electron chi connectivity index (χ1n) is 9.48. The van der Waals surface area contributed by atoms with Crippen molar-refractivity contribution in [2.24, 2.45) is 0 Å². The number of nitrogens with one attached hydrogen (secondary N) is 2. The summed E-state index contributed by atoms with van der Waals surface area (Å²) in [5.74, 6) is -0.0258.